The molecule has 0 aliphatic rings. The van der Waals surface area contributed by atoms with Gasteiger partial charge in [0.15, 0.2) is 0 Å². The normalized spacial score (nSPS) is 12.2. The van der Waals surface area contributed by atoms with Crippen molar-refractivity contribution < 1.29 is 4.79 Å². The van der Waals surface area contributed by atoms with Gasteiger partial charge in [-0.25, -0.2) is 0 Å². The van der Waals surface area contributed by atoms with Gasteiger partial charge in [0, 0.05) is 17.6 Å². The topological polar surface area (TPSA) is 41.1 Å². The molecule has 15 heavy (non-hydrogen) atoms. The number of carbonyl (C=O) groups excluding carboxylic acids is 1. The molecule has 0 saturated carbocycles. The van der Waals surface area contributed by atoms with Gasteiger partial charge in [0.1, 0.15) is 0 Å². The Hall–Kier alpha value is -0.870. The van der Waals surface area contributed by atoms with Gasteiger partial charge in [-0.05, 0) is 18.6 Å². The molecule has 0 aliphatic carbocycles. The van der Waals surface area contributed by atoms with E-state index in [1.165, 1.54) is 0 Å². The van der Waals surface area contributed by atoms with Crippen molar-refractivity contribution in [3.63, 3.8) is 0 Å². The molecule has 0 fully saturated rings. The minimum Gasteiger partial charge on any atom is -0.358 e. The molecule has 1 amide bonds. The molecule has 4 heteroatoms. The van der Waals surface area contributed by atoms with Crippen LogP contribution in [0.3, 0.4) is 0 Å². The summed E-state index contributed by atoms with van der Waals surface area (Å²) in [6.07, 6.45) is 0. The second-order valence-corrected chi connectivity index (χ2v) is 4.15. The molecule has 1 atom stereocenters. The zero-order valence-corrected chi connectivity index (χ0v) is 10.5. The first-order valence-corrected chi connectivity index (χ1v) is 5.63. The summed E-state index contributed by atoms with van der Waals surface area (Å²) in [6, 6.07) is 8.13. The van der Waals surface area contributed by atoms with Crippen molar-refractivity contribution in [2.75, 3.05) is 13.6 Å². The van der Waals surface area contributed by atoms with E-state index in [1.807, 2.05) is 31.2 Å². The van der Waals surface area contributed by atoms with Gasteiger partial charge in [-0.2, -0.15) is 0 Å². The van der Waals surface area contributed by atoms with Crippen LogP contribution in [-0.2, 0) is 4.79 Å². The molecule has 0 unspecified atom stereocenters. The van der Waals surface area contributed by atoms with Gasteiger partial charge in [0.2, 0.25) is 5.91 Å². The van der Waals surface area contributed by atoms with E-state index in [-0.39, 0.29) is 11.9 Å². The Morgan fingerprint density at radius 2 is 2.13 bits per heavy atom. The predicted molar refractivity (Wildman–Crippen MR) is 64.6 cm³/mol. The van der Waals surface area contributed by atoms with Crippen molar-refractivity contribution in [2.45, 2.75) is 13.0 Å². The highest BCUT2D eigenvalue weighted by Gasteiger charge is 2.08. The fourth-order valence-corrected chi connectivity index (χ4v) is 1.90. The van der Waals surface area contributed by atoms with Crippen molar-refractivity contribution in [3.8, 4) is 0 Å². The average molecular weight is 271 g/mol. The lowest BCUT2D eigenvalue weighted by atomic mass is 10.1. The standard InChI is InChI=1S/C11H15BrN2O/c1-8(14-7-11(15)13-2)9-5-3-4-6-10(9)12/h3-6,8,14H,7H2,1-2H3,(H,13,15)/t8-/m1/s1. The number of benzene rings is 1. The van der Waals surface area contributed by atoms with Gasteiger partial charge in [0.25, 0.3) is 0 Å². The third-order valence-electron chi connectivity index (χ3n) is 2.22. The van der Waals surface area contributed by atoms with Crippen LogP contribution in [0.1, 0.15) is 18.5 Å². The van der Waals surface area contributed by atoms with Crippen LogP contribution in [0.2, 0.25) is 0 Å². The van der Waals surface area contributed by atoms with E-state index in [0.717, 1.165) is 10.0 Å². The van der Waals surface area contributed by atoms with Crippen LogP contribution in [0.5, 0.6) is 0 Å². The van der Waals surface area contributed by atoms with Gasteiger partial charge in [-0.3, -0.25) is 4.79 Å². The van der Waals surface area contributed by atoms with Crippen LogP contribution >= 0.6 is 15.9 Å². The molecule has 1 rings (SSSR count). The first kappa shape index (κ1) is 12.2. The van der Waals surface area contributed by atoms with Crippen molar-refractivity contribution in [2.24, 2.45) is 0 Å². The third kappa shape index (κ3) is 3.64. The van der Waals surface area contributed by atoms with Gasteiger partial charge >= 0.3 is 0 Å². The summed E-state index contributed by atoms with van der Waals surface area (Å²) in [5.41, 5.74) is 1.15. The van der Waals surface area contributed by atoms with E-state index in [4.69, 9.17) is 0 Å². The number of rotatable bonds is 4. The monoisotopic (exact) mass is 270 g/mol. The SMILES string of the molecule is CNC(=O)CN[C@H](C)c1ccccc1Br. The van der Waals surface area contributed by atoms with E-state index in [1.54, 1.807) is 7.05 Å². The summed E-state index contributed by atoms with van der Waals surface area (Å²) < 4.78 is 1.06. The maximum absolute atomic E-state index is 11.0. The number of likely N-dealkylation sites (N-methyl/N-ethyl adjacent to an activating group) is 1. The highest BCUT2D eigenvalue weighted by molar-refractivity contribution is 9.10. The molecule has 0 saturated heterocycles. The number of hydrogen-bond donors (Lipinski definition) is 2. The Bertz CT molecular complexity index is 341. The van der Waals surface area contributed by atoms with E-state index >= 15 is 0 Å². The Kier molecular flexibility index (Phi) is 4.78. The largest absolute Gasteiger partial charge is 0.358 e. The maximum atomic E-state index is 11.0. The maximum Gasteiger partial charge on any atom is 0.233 e. The third-order valence-corrected chi connectivity index (χ3v) is 2.94. The van der Waals surface area contributed by atoms with Crippen LogP contribution in [0.4, 0.5) is 0 Å². The zero-order chi connectivity index (χ0) is 11.3. The highest BCUT2D eigenvalue weighted by atomic mass is 79.9. The van der Waals surface area contributed by atoms with E-state index in [0.29, 0.717) is 6.54 Å². The van der Waals surface area contributed by atoms with Gasteiger partial charge in [-0.15, -0.1) is 0 Å². The van der Waals surface area contributed by atoms with Gasteiger partial charge < -0.3 is 10.6 Å². The number of halogens is 1. The molecule has 82 valence electrons. The number of nitrogens with one attached hydrogen (secondary N) is 2. The summed E-state index contributed by atoms with van der Waals surface area (Å²) in [7, 11) is 1.63. The van der Waals surface area contributed by atoms with Crippen LogP contribution in [0.25, 0.3) is 0 Å². The summed E-state index contributed by atoms with van der Waals surface area (Å²) in [4.78, 5) is 11.0. The summed E-state index contributed by atoms with van der Waals surface area (Å²) >= 11 is 3.48. The lowest BCUT2D eigenvalue weighted by Crippen LogP contribution is -2.32. The van der Waals surface area contributed by atoms with Crippen LogP contribution in [0, 0.1) is 0 Å². The zero-order valence-electron chi connectivity index (χ0n) is 8.88. The quantitative estimate of drug-likeness (QED) is 0.877. The Morgan fingerprint density at radius 1 is 1.47 bits per heavy atom. The summed E-state index contributed by atoms with van der Waals surface area (Å²) in [5, 5.41) is 5.72. The van der Waals surface area contributed by atoms with Gasteiger partial charge in [0.05, 0.1) is 6.54 Å². The Balaban J connectivity index is 2.57. The number of carbonyl (C=O) groups is 1. The minimum atomic E-state index is -0.00564. The molecule has 3 nitrogen and oxygen atoms in total. The molecule has 0 spiro atoms. The lowest BCUT2D eigenvalue weighted by molar-refractivity contribution is -0.119. The minimum absolute atomic E-state index is 0.00564. The van der Waals surface area contributed by atoms with Crippen LogP contribution in [-0.4, -0.2) is 19.5 Å². The van der Waals surface area contributed by atoms with Crippen molar-refractivity contribution >= 4 is 21.8 Å². The smallest absolute Gasteiger partial charge is 0.233 e. The van der Waals surface area contributed by atoms with E-state index in [9.17, 15) is 4.79 Å². The molecular formula is C11H15BrN2O. The Morgan fingerprint density at radius 3 is 2.73 bits per heavy atom. The molecule has 1 aromatic carbocycles. The molecule has 0 aromatic heterocycles. The first-order chi connectivity index (χ1) is 7.15. The second-order valence-electron chi connectivity index (χ2n) is 3.30. The molecule has 0 heterocycles. The highest BCUT2D eigenvalue weighted by Crippen LogP contribution is 2.22. The lowest BCUT2D eigenvalue weighted by Gasteiger charge is -2.14. The molecule has 0 radical (unpaired) electrons. The van der Waals surface area contributed by atoms with Gasteiger partial charge in [-0.1, -0.05) is 34.1 Å². The fraction of sp³-hybridized carbons (Fsp3) is 0.364. The van der Waals surface area contributed by atoms with E-state index in [2.05, 4.69) is 26.6 Å². The molecule has 1 aromatic rings. The molecule has 0 bridgehead atoms. The molecule has 0 aliphatic heterocycles. The van der Waals surface area contributed by atoms with E-state index < -0.39 is 0 Å². The molecule has 2 N–H and O–H groups in total. The first-order valence-electron chi connectivity index (χ1n) is 4.83. The summed E-state index contributed by atoms with van der Waals surface area (Å²) in [5.74, 6) is -0.00564. The number of hydrogen-bond acceptors (Lipinski definition) is 2. The fourth-order valence-electron chi connectivity index (χ4n) is 1.27. The summed E-state index contributed by atoms with van der Waals surface area (Å²) in [6.45, 7) is 2.36. The van der Waals surface area contributed by atoms with Crippen LogP contribution < -0.4 is 10.6 Å². The van der Waals surface area contributed by atoms with Crippen molar-refractivity contribution in [1.82, 2.24) is 10.6 Å². The molecular weight excluding hydrogens is 256 g/mol. The number of amides is 1. The second kappa shape index (κ2) is 5.88. The van der Waals surface area contributed by atoms with Crippen LogP contribution in [0.15, 0.2) is 28.7 Å². The van der Waals surface area contributed by atoms with Crippen molar-refractivity contribution in [3.05, 3.63) is 34.3 Å². The average Bonchev–Trinajstić information content (AvgIpc) is 2.26. The van der Waals surface area contributed by atoms with Crippen molar-refractivity contribution in [1.29, 1.82) is 0 Å². The predicted octanol–water partition coefficient (Wildman–Crippen LogP) is 1.85. The Labute approximate surface area is 98.4 Å².